The maximum Gasteiger partial charge on any atom is 0.243 e. The van der Waals surface area contributed by atoms with Crippen molar-refractivity contribution in [2.24, 2.45) is 16.9 Å². The van der Waals surface area contributed by atoms with Crippen LogP contribution in [0.4, 0.5) is 0 Å². The molecule has 0 aromatic rings. The zero-order valence-electron chi connectivity index (χ0n) is 8.60. The van der Waals surface area contributed by atoms with Crippen LogP contribution in [0.1, 0.15) is 12.8 Å². The Morgan fingerprint density at radius 1 is 1.19 bits per heavy atom. The van der Waals surface area contributed by atoms with Crippen molar-refractivity contribution in [3.63, 3.8) is 0 Å². The van der Waals surface area contributed by atoms with E-state index in [1.165, 1.54) is 0 Å². The first-order chi connectivity index (χ1) is 7.41. The summed E-state index contributed by atoms with van der Waals surface area (Å²) in [7, 11) is 0. The number of amides is 3. The van der Waals surface area contributed by atoms with Crippen LogP contribution in [0.15, 0.2) is 0 Å². The van der Waals surface area contributed by atoms with Crippen molar-refractivity contribution < 1.29 is 14.4 Å². The summed E-state index contributed by atoms with van der Waals surface area (Å²) in [5.74, 6) is -2.04. The molecule has 1 aliphatic rings. The number of carbonyl (C=O) groups is 3. The van der Waals surface area contributed by atoms with Crippen LogP contribution in [0.5, 0.6) is 0 Å². The van der Waals surface area contributed by atoms with Gasteiger partial charge in [0.2, 0.25) is 17.7 Å². The number of nitriles is 1. The summed E-state index contributed by atoms with van der Waals surface area (Å²) in [6, 6.07) is 1.88. The third-order valence-electron chi connectivity index (χ3n) is 2.35. The Balaban J connectivity index is 2.76. The van der Waals surface area contributed by atoms with Crippen molar-refractivity contribution in [3.05, 3.63) is 0 Å². The van der Waals surface area contributed by atoms with E-state index >= 15 is 0 Å². The number of nitrogens with zero attached hydrogens (tertiary/aromatic N) is 2. The summed E-state index contributed by atoms with van der Waals surface area (Å²) >= 11 is 0. The molecule has 0 heterocycles. The average Bonchev–Trinajstić information content (AvgIpc) is 2.94. The van der Waals surface area contributed by atoms with Gasteiger partial charge in [-0.2, -0.15) is 5.26 Å². The number of carbonyl (C=O) groups excluding carboxylic acids is 3. The molecule has 1 rings (SSSR count). The van der Waals surface area contributed by atoms with E-state index < -0.39 is 36.2 Å². The molecule has 7 nitrogen and oxygen atoms in total. The Morgan fingerprint density at radius 3 is 1.88 bits per heavy atom. The van der Waals surface area contributed by atoms with Gasteiger partial charge in [0.1, 0.15) is 5.41 Å². The fourth-order valence-corrected chi connectivity index (χ4v) is 1.38. The summed E-state index contributed by atoms with van der Waals surface area (Å²) < 4.78 is 0. The Kier molecular flexibility index (Phi) is 3.13. The lowest BCUT2D eigenvalue weighted by atomic mass is 10.1. The van der Waals surface area contributed by atoms with Crippen LogP contribution in [0.2, 0.25) is 0 Å². The van der Waals surface area contributed by atoms with E-state index in [4.69, 9.17) is 16.7 Å². The molecular formula is C9H12N4O3. The SMILES string of the molecule is N#CC1(C(=O)N(CC(N)=O)CC(N)=O)CC1. The molecule has 0 unspecified atom stereocenters. The fourth-order valence-electron chi connectivity index (χ4n) is 1.38. The van der Waals surface area contributed by atoms with Crippen LogP contribution in [0.3, 0.4) is 0 Å². The van der Waals surface area contributed by atoms with Gasteiger partial charge >= 0.3 is 0 Å². The Labute approximate surface area is 92.0 Å². The molecule has 1 fully saturated rings. The van der Waals surface area contributed by atoms with Crippen LogP contribution >= 0.6 is 0 Å². The lowest BCUT2D eigenvalue weighted by Gasteiger charge is -2.21. The molecule has 16 heavy (non-hydrogen) atoms. The van der Waals surface area contributed by atoms with Gasteiger partial charge in [-0.15, -0.1) is 0 Å². The molecule has 4 N–H and O–H groups in total. The van der Waals surface area contributed by atoms with E-state index in [-0.39, 0.29) is 0 Å². The van der Waals surface area contributed by atoms with Crippen LogP contribution in [-0.2, 0) is 14.4 Å². The van der Waals surface area contributed by atoms with Gasteiger partial charge < -0.3 is 16.4 Å². The molecule has 7 heteroatoms. The third-order valence-corrected chi connectivity index (χ3v) is 2.35. The van der Waals surface area contributed by atoms with E-state index in [1.807, 2.05) is 6.07 Å². The van der Waals surface area contributed by atoms with Gasteiger partial charge in [-0.3, -0.25) is 14.4 Å². The van der Waals surface area contributed by atoms with Crippen molar-refractivity contribution in [1.82, 2.24) is 4.90 Å². The summed E-state index contributed by atoms with van der Waals surface area (Å²) in [5, 5.41) is 8.81. The first-order valence-electron chi connectivity index (χ1n) is 4.68. The minimum atomic E-state index is -1.08. The van der Waals surface area contributed by atoms with Gasteiger partial charge in [-0.1, -0.05) is 0 Å². The van der Waals surface area contributed by atoms with E-state index in [2.05, 4.69) is 0 Å². The van der Waals surface area contributed by atoms with Gasteiger partial charge in [0.25, 0.3) is 0 Å². The molecule has 1 aliphatic carbocycles. The van der Waals surface area contributed by atoms with Crippen molar-refractivity contribution >= 4 is 17.7 Å². The minimum absolute atomic E-state index is 0.398. The van der Waals surface area contributed by atoms with Crippen molar-refractivity contribution in [2.75, 3.05) is 13.1 Å². The predicted octanol–water partition coefficient (Wildman–Crippen LogP) is -1.91. The molecule has 0 spiro atoms. The largest absolute Gasteiger partial charge is 0.368 e. The number of hydrogen-bond acceptors (Lipinski definition) is 4. The number of rotatable bonds is 5. The maximum atomic E-state index is 11.8. The van der Waals surface area contributed by atoms with Crippen LogP contribution in [0.25, 0.3) is 0 Å². The molecule has 0 bridgehead atoms. The molecule has 0 atom stereocenters. The van der Waals surface area contributed by atoms with Crippen molar-refractivity contribution in [2.45, 2.75) is 12.8 Å². The summed E-state index contributed by atoms with van der Waals surface area (Å²) in [6.07, 6.45) is 0.882. The van der Waals surface area contributed by atoms with Crippen LogP contribution in [0, 0.1) is 16.7 Å². The van der Waals surface area contributed by atoms with Gasteiger partial charge in [0.05, 0.1) is 19.2 Å². The van der Waals surface area contributed by atoms with Crippen LogP contribution in [-0.4, -0.2) is 35.7 Å². The molecule has 0 radical (unpaired) electrons. The highest BCUT2D eigenvalue weighted by Gasteiger charge is 2.52. The number of hydrogen-bond donors (Lipinski definition) is 2. The molecule has 1 saturated carbocycles. The molecule has 0 aliphatic heterocycles. The van der Waals surface area contributed by atoms with E-state index in [0.717, 1.165) is 4.90 Å². The molecule has 0 aromatic carbocycles. The number of nitrogens with two attached hydrogens (primary N) is 2. The highest BCUT2D eigenvalue weighted by Crippen LogP contribution is 2.46. The highest BCUT2D eigenvalue weighted by molar-refractivity contribution is 5.94. The molecular weight excluding hydrogens is 212 g/mol. The fraction of sp³-hybridized carbons (Fsp3) is 0.556. The Hall–Kier alpha value is -2.10. The lowest BCUT2D eigenvalue weighted by Crippen LogP contribution is -2.46. The Bertz CT molecular complexity index is 365. The Morgan fingerprint density at radius 2 is 1.62 bits per heavy atom. The topological polar surface area (TPSA) is 130 Å². The minimum Gasteiger partial charge on any atom is -0.368 e. The smallest absolute Gasteiger partial charge is 0.243 e. The van der Waals surface area contributed by atoms with E-state index in [1.54, 1.807) is 0 Å². The van der Waals surface area contributed by atoms with Gasteiger partial charge in [-0.05, 0) is 12.8 Å². The average molecular weight is 224 g/mol. The molecule has 86 valence electrons. The van der Waals surface area contributed by atoms with Gasteiger partial charge in [-0.25, -0.2) is 0 Å². The highest BCUT2D eigenvalue weighted by atomic mass is 16.2. The van der Waals surface area contributed by atoms with Crippen molar-refractivity contribution in [3.8, 4) is 6.07 Å². The zero-order valence-corrected chi connectivity index (χ0v) is 8.60. The molecule has 3 amide bonds. The monoisotopic (exact) mass is 224 g/mol. The van der Waals surface area contributed by atoms with E-state index in [9.17, 15) is 14.4 Å². The second-order valence-corrected chi connectivity index (χ2v) is 3.79. The summed E-state index contributed by atoms with van der Waals surface area (Å²) in [4.78, 5) is 34.2. The maximum absolute atomic E-state index is 11.8. The summed E-state index contributed by atoms with van der Waals surface area (Å²) in [6.45, 7) is -0.795. The summed E-state index contributed by atoms with van der Waals surface area (Å²) in [5.41, 5.74) is 8.81. The quantitative estimate of drug-likeness (QED) is 0.564. The third kappa shape index (κ3) is 2.48. The molecule has 0 saturated heterocycles. The predicted molar refractivity (Wildman–Crippen MR) is 52.2 cm³/mol. The molecule has 0 aromatic heterocycles. The zero-order chi connectivity index (χ0) is 12.3. The standard InChI is InChI=1S/C9H12N4O3/c10-5-9(1-2-9)8(16)13(3-6(11)14)4-7(12)15/h1-4H2,(H2,11,14)(H2,12,15). The van der Waals surface area contributed by atoms with Gasteiger partial charge in [0, 0.05) is 0 Å². The van der Waals surface area contributed by atoms with E-state index in [0.29, 0.717) is 12.8 Å². The number of primary amides is 2. The first kappa shape index (κ1) is 12.0. The van der Waals surface area contributed by atoms with Crippen molar-refractivity contribution in [1.29, 1.82) is 5.26 Å². The lowest BCUT2D eigenvalue weighted by molar-refractivity contribution is -0.140. The second-order valence-electron chi connectivity index (χ2n) is 3.79. The van der Waals surface area contributed by atoms with Gasteiger partial charge in [0.15, 0.2) is 0 Å². The van der Waals surface area contributed by atoms with Crippen LogP contribution < -0.4 is 11.5 Å². The second kappa shape index (κ2) is 4.18. The first-order valence-corrected chi connectivity index (χ1v) is 4.68. The normalized spacial score (nSPS) is 15.9.